The number of halogens is 3. The first-order chi connectivity index (χ1) is 13.2. The van der Waals surface area contributed by atoms with Gasteiger partial charge in [-0.15, -0.1) is 0 Å². The highest BCUT2D eigenvalue weighted by atomic mass is 19.4. The fourth-order valence-corrected chi connectivity index (χ4v) is 3.12. The van der Waals surface area contributed by atoms with E-state index in [-0.39, 0.29) is 18.4 Å². The van der Waals surface area contributed by atoms with Crippen LogP contribution in [0.4, 0.5) is 18.9 Å². The molecule has 0 spiro atoms. The number of rotatable bonds is 7. The van der Waals surface area contributed by atoms with E-state index in [1.54, 1.807) is 4.90 Å². The van der Waals surface area contributed by atoms with Crippen molar-refractivity contribution in [2.24, 2.45) is 0 Å². The maximum absolute atomic E-state index is 12.6. The van der Waals surface area contributed by atoms with Gasteiger partial charge in [-0.1, -0.05) is 0 Å². The summed E-state index contributed by atoms with van der Waals surface area (Å²) in [5, 5.41) is 2.62. The zero-order valence-corrected chi connectivity index (χ0v) is 16.3. The Morgan fingerprint density at radius 3 is 1.93 bits per heavy atom. The Bertz CT molecular complexity index is 652. The van der Waals surface area contributed by atoms with Gasteiger partial charge in [-0.2, -0.15) is 13.2 Å². The number of hydrogen-bond acceptors (Lipinski definition) is 4. The number of carbonyl (C=O) groups is 2. The SMILES string of the molecule is CCN(CC)C(=O)CN1CCN(CC(=O)Nc2ccc(C(F)(F)F)cc2)CC1. The van der Waals surface area contributed by atoms with Gasteiger partial charge in [0.2, 0.25) is 11.8 Å². The summed E-state index contributed by atoms with van der Waals surface area (Å²) in [7, 11) is 0. The number of likely N-dealkylation sites (N-methyl/N-ethyl adjacent to an activating group) is 1. The molecule has 2 rings (SSSR count). The molecule has 1 aliphatic heterocycles. The van der Waals surface area contributed by atoms with Crippen LogP contribution < -0.4 is 5.32 Å². The van der Waals surface area contributed by atoms with Crippen molar-refractivity contribution in [1.82, 2.24) is 14.7 Å². The minimum atomic E-state index is -4.39. The van der Waals surface area contributed by atoms with Gasteiger partial charge in [-0.05, 0) is 38.1 Å². The highest BCUT2D eigenvalue weighted by molar-refractivity contribution is 5.92. The van der Waals surface area contributed by atoms with Crippen LogP contribution in [0.1, 0.15) is 19.4 Å². The lowest BCUT2D eigenvalue weighted by molar-refractivity contribution is -0.137. The molecule has 1 heterocycles. The third-order valence-electron chi connectivity index (χ3n) is 4.80. The maximum Gasteiger partial charge on any atom is 0.416 e. The smallest absolute Gasteiger partial charge is 0.342 e. The molecule has 1 fully saturated rings. The van der Waals surface area contributed by atoms with Crippen molar-refractivity contribution in [3.8, 4) is 0 Å². The molecule has 2 amide bonds. The molecule has 0 aromatic heterocycles. The number of carbonyl (C=O) groups excluding carboxylic acids is 2. The van der Waals surface area contributed by atoms with E-state index >= 15 is 0 Å². The molecule has 1 aromatic carbocycles. The third kappa shape index (κ3) is 6.49. The lowest BCUT2D eigenvalue weighted by Crippen LogP contribution is -2.51. The molecule has 6 nitrogen and oxygen atoms in total. The standard InChI is InChI=1S/C19H27F3N4O2/c1-3-26(4-2)18(28)14-25-11-9-24(10-12-25)13-17(27)23-16-7-5-15(6-8-16)19(20,21)22/h5-8H,3-4,9-14H2,1-2H3,(H,23,27). The zero-order valence-electron chi connectivity index (χ0n) is 16.3. The molecule has 1 aromatic rings. The number of alkyl halides is 3. The second-order valence-corrected chi connectivity index (χ2v) is 6.74. The largest absolute Gasteiger partial charge is 0.416 e. The first-order valence-corrected chi connectivity index (χ1v) is 9.42. The second kappa shape index (κ2) is 9.88. The minimum Gasteiger partial charge on any atom is -0.342 e. The van der Waals surface area contributed by atoms with Gasteiger partial charge in [0.15, 0.2) is 0 Å². The Morgan fingerprint density at radius 2 is 1.46 bits per heavy atom. The number of hydrogen-bond donors (Lipinski definition) is 1. The van der Waals surface area contributed by atoms with E-state index in [9.17, 15) is 22.8 Å². The summed E-state index contributed by atoms with van der Waals surface area (Å²) in [6, 6.07) is 4.39. The van der Waals surface area contributed by atoms with Gasteiger partial charge in [-0.3, -0.25) is 19.4 Å². The molecule has 1 saturated heterocycles. The first-order valence-electron chi connectivity index (χ1n) is 9.42. The number of anilines is 1. The van der Waals surface area contributed by atoms with Gasteiger partial charge in [0.1, 0.15) is 0 Å². The summed E-state index contributed by atoms with van der Waals surface area (Å²) in [6.07, 6.45) is -4.39. The van der Waals surface area contributed by atoms with Gasteiger partial charge < -0.3 is 10.2 Å². The van der Waals surface area contributed by atoms with Crippen molar-refractivity contribution in [2.45, 2.75) is 20.0 Å². The Balaban J connectivity index is 1.75. The lowest BCUT2D eigenvalue weighted by atomic mass is 10.2. The quantitative estimate of drug-likeness (QED) is 0.762. The molecular formula is C19H27F3N4O2. The normalized spacial score (nSPS) is 16.0. The Hall–Kier alpha value is -2.13. The molecule has 28 heavy (non-hydrogen) atoms. The molecule has 1 N–H and O–H groups in total. The minimum absolute atomic E-state index is 0.110. The summed E-state index contributed by atoms with van der Waals surface area (Å²) >= 11 is 0. The monoisotopic (exact) mass is 400 g/mol. The third-order valence-corrected chi connectivity index (χ3v) is 4.80. The predicted molar refractivity (Wildman–Crippen MR) is 101 cm³/mol. The van der Waals surface area contributed by atoms with Crippen molar-refractivity contribution >= 4 is 17.5 Å². The van der Waals surface area contributed by atoms with Crippen LogP contribution in [0, 0.1) is 0 Å². The highest BCUT2D eigenvalue weighted by Crippen LogP contribution is 2.29. The summed E-state index contributed by atoms with van der Waals surface area (Å²) in [6.45, 7) is 8.55. The van der Waals surface area contributed by atoms with Crippen LogP contribution in [0.15, 0.2) is 24.3 Å². The van der Waals surface area contributed by atoms with Crippen molar-refractivity contribution in [2.75, 3.05) is 57.7 Å². The molecule has 0 atom stereocenters. The highest BCUT2D eigenvalue weighted by Gasteiger charge is 2.30. The fraction of sp³-hybridized carbons (Fsp3) is 0.579. The molecular weight excluding hydrogens is 373 g/mol. The number of amides is 2. The molecule has 9 heteroatoms. The summed E-state index contributed by atoms with van der Waals surface area (Å²) in [5.74, 6) is -0.161. The van der Waals surface area contributed by atoms with Gasteiger partial charge in [0.25, 0.3) is 0 Å². The zero-order chi connectivity index (χ0) is 20.7. The fourth-order valence-electron chi connectivity index (χ4n) is 3.12. The number of piperazine rings is 1. The van der Waals surface area contributed by atoms with Crippen molar-refractivity contribution in [1.29, 1.82) is 0 Å². The average molecular weight is 400 g/mol. The first kappa shape index (κ1) is 22.2. The Kier molecular flexibility index (Phi) is 7.82. The summed E-state index contributed by atoms with van der Waals surface area (Å²) in [4.78, 5) is 30.1. The summed E-state index contributed by atoms with van der Waals surface area (Å²) < 4.78 is 37.7. The van der Waals surface area contributed by atoms with E-state index < -0.39 is 11.7 Å². The van der Waals surface area contributed by atoms with Crippen LogP contribution in [0.2, 0.25) is 0 Å². The average Bonchev–Trinajstić information content (AvgIpc) is 2.64. The van der Waals surface area contributed by atoms with E-state index in [0.717, 1.165) is 12.1 Å². The van der Waals surface area contributed by atoms with Crippen LogP contribution in [-0.2, 0) is 15.8 Å². The Morgan fingerprint density at radius 1 is 0.964 bits per heavy atom. The molecule has 0 saturated carbocycles. The maximum atomic E-state index is 12.6. The van der Waals surface area contributed by atoms with Crippen molar-refractivity contribution in [3.63, 3.8) is 0 Å². The van der Waals surface area contributed by atoms with Gasteiger partial charge >= 0.3 is 6.18 Å². The number of nitrogens with one attached hydrogen (secondary N) is 1. The topological polar surface area (TPSA) is 55.9 Å². The Labute approximate surface area is 163 Å². The van der Waals surface area contributed by atoms with Crippen LogP contribution in [0.3, 0.4) is 0 Å². The van der Waals surface area contributed by atoms with Crippen molar-refractivity contribution in [3.05, 3.63) is 29.8 Å². The predicted octanol–water partition coefficient (Wildman–Crippen LogP) is 2.13. The van der Waals surface area contributed by atoms with E-state index in [2.05, 4.69) is 10.2 Å². The van der Waals surface area contributed by atoms with Gasteiger partial charge in [0.05, 0.1) is 18.7 Å². The summed E-state index contributed by atoms with van der Waals surface area (Å²) in [5.41, 5.74) is -0.415. The van der Waals surface area contributed by atoms with Crippen molar-refractivity contribution < 1.29 is 22.8 Å². The second-order valence-electron chi connectivity index (χ2n) is 6.74. The van der Waals surface area contributed by atoms with Gasteiger partial charge in [0, 0.05) is 45.0 Å². The van der Waals surface area contributed by atoms with E-state index in [4.69, 9.17) is 0 Å². The molecule has 0 aliphatic carbocycles. The molecule has 0 radical (unpaired) electrons. The van der Waals surface area contributed by atoms with Crippen LogP contribution in [0.5, 0.6) is 0 Å². The van der Waals surface area contributed by atoms with E-state index in [1.807, 2.05) is 18.7 Å². The van der Waals surface area contributed by atoms with Gasteiger partial charge in [-0.25, -0.2) is 0 Å². The molecule has 156 valence electrons. The molecule has 0 bridgehead atoms. The lowest BCUT2D eigenvalue weighted by Gasteiger charge is -2.34. The molecule has 1 aliphatic rings. The van der Waals surface area contributed by atoms with E-state index in [1.165, 1.54) is 12.1 Å². The van der Waals surface area contributed by atoms with Crippen LogP contribution in [-0.4, -0.2) is 78.9 Å². The van der Waals surface area contributed by atoms with E-state index in [0.29, 0.717) is 51.5 Å². The number of nitrogens with zero attached hydrogens (tertiary/aromatic N) is 3. The van der Waals surface area contributed by atoms with Crippen LogP contribution in [0.25, 0.3) is 0 Å². The number of benzene rings is 1. The van der Waals surface area contributed by atoms with Crippen LogP contribution >= 0.6 is 0 Å². The molecule has 0 unspecified atom stereocenters.